The molecule has 1 atom stereocenters. The van der Waals surface area contributed by atoms with Crippen molar-refractivity contribution < 1.29 is 9.53 Å². The Kier molecular flexibility index (Phi) is 3.75. The number of methoxy groups -OCH3 is 1. The van der Waals surface area contributed by atoms with Gasteiger partial charge in [0.05, 0.1) is 7.11 Å². The first-order valence-corrected chi connectivity index (χ1v) is 8.51. The zero-order valence-corrected chi connectivity index (χ0v) is 13.9. The minimum Gasteiger partial charge on any atom is -0.496 e. The maximum atomic E-state index is 13.0. The lowest BCUT2D eigenvalue weighted by Gasteiger charge is -2.24. The SMILES string of the molecule is COc1ccccc1CN(Cc1ccncc1)C(=O)C1CC12CC2. The molecule has 24 heavy (non-hydrogen) atoms. The van der Waals surface area contributed by atoms with E-state index in [1.165, 1.54) is 12.8 Å². The Balaban J connectivity index is 1.56. The van der Waals surface area contributed by atoms with Gasteiger partial charge in [-0.3, -0.25) is 9.78 Å². The first-order chi connectivity index (χ1) is 11.7. The average molecular weight is 322 g/mol. The summed E-state index contributed by atoms with van der Waals surface area (Å²) < 4.78 is 5.46. The van der Waals surface area contributed by atoms with Gasteiger partial charge in [0.25, 0.3) is 0 Å². The maximum Gasteiger partial charge on any atom is 0.226 e. The molecule has 0 saturated heterocycles. The molecule has 4 nitrogen and oxygen atoms in total. The highest BCUT2D eigenvalue weighted by Gasteiger charge is 2.66. The lowest BCUT2D eigenvalue weighted by molar-refractivity contribution is -0.134. The first kappa shape index (κ1) is 15.2. The third-order valence-corrected chi connectivity index (χ3v) is 5.37. The quantitative estimate of drug-likeness (QED) is 0.818. The van der Waals surface area contributed by atoms with Gasteiger partial charge in [-0.25, -0.2) is 0 Å². The van der Waals surface area contributed by atoms with Gasteiger partial charge in [0.1, 0.15) is 5.75 Å². The molecule has 1 spiro atoms. The van der Waals surface area contributed by atoms with Crippen molar-refractivity contribution >= 4 is 5.91 Å². The summed E-state index contributed by atoms with van der Waals surface area (Å²) >= 11 is 0. The van der Waals surface area contributed by atoms with Crippen LogP contribution in [0.2, 0.25) is 0 Å². The molecular weight excluding hydrogens is 300 g/mol. The number of nitrogens with zero attached hydrogens (tertiary/aromatic N) is 2. The molecule has 2 fully saturated rings. The third-order valence-electron chi connectivity index (χ3n) is 5.37. The highest BCUT2D eigenvalue weighted by molar-refractivity contribution is 5.83. The Morgan fingerprint density at radius 1 is 1.21 bits per heavy atom. The summed E-state index contributed by atoms with van der Waals surface area (Å²) in [5.41, 5.74) is 2.53. The maximum absolute atomic E-state index is 13.0. The number of carbonyl (C=O) groups is 1. The van der Waals surface area contributed by atoms with E-state index in [9.17, 15) is 4.79 Å². The van der Waals surface area contributed by atoms with Crippen LogP contribution in [0.5, 0.6) is 5.75 Å². The molecule has 2 aromatic rings. The van der Waals surface area contributed by atoms with Crippen LogP contribution in [0.4, 0.5) is 0 Å². The van der Waals surface area contributed by atoms with Crippen molar-refractivity contribution in [1.82, 2.24) is 9.88 Å². The summed E-state index contributed by atoms with van der Waals surface area (Å²) in [6.07, 6.45) is 7.08. The van der Waals surface area contributed by atoms with E-state index >= 15 is 0 Å². The molecule has 2 aliphatic carbocycles. The van der Waals surface area contributed by atoms with Crippen LogP contribution in [-0.4, -0.2) is 22.9 Å². The van der Waals surface area contributed by atoms with Crippen LogP contribution in [-0.2, 0) is 17.9 Å². The molecule has 1 heterocycles. The van der Waals surface area contributed by atoms with E-state index in [4.69, 9.17) is 4.74 Å². The van der Waals surface area contributed by atoms with E-state index in [-0.39, 0.29) is 11.8 Å². The highest BCUT2D eigenvalue weighted by Crippen LogP contribution is 2.71. The predicted octanol–water partition coefficient (Wildman–Crippen LogP) is 3.42. The van der Waals surface area contributed by atoms with Gasteiger partial charge in [-0.05, 0) is 48.4 Å². The number of hydrogen-bond donors (Lipinski definition) is 0. The fourth-order valence-electron chi connectivity index (χ4n) is 3.59. The van der Waals surface area contributed by atoms with Crippen LogP contribution in [0.1, 0.15) is 30.4 Å². The minimum absolute atomic E-state index is 0.231. The number of aromatic nitrogens is 1. The first-order valence-electron chi connectivity index (χ1n) is 8.51. The van der Waals surface area contributed by atoms with Crippen molar-refractivity contribution in [2.24, 2.45) is 11.3 Å². The van der Waals surface area contributed by atoms with Gasteiger partial charge in [0, 0.05) is 37.0 Å². The number of hydrogen-bond acceptors (Lipinski definition) is 3. The Morgan fingerprint density at radius 2 is 1.96 bits per heavy atom. The van der Waals surface area contributed by atoms with Gasteiger partial charge >= 0.3 is 0 Å². The molecule has 1 aromatic carbocycles. The summed E-state index contributed by atoms with van der Waals surface area (Å²) in [7, 11) is 1.67. The van der Waals surface area contributed by atoms with E-state index in [0.717, 1.165) is 23.3 Å². The van der Waals surface area contributed by atoms with E-state index in [0.29, 0.717) is 18.5 Å². The molecule has 4 heteroatoms. The Morgan fingerprint density at radius 3 is 2.62 bits per heavy atom. The monoisotopic (exact) mass is 322 g/mol. The van der Waals surface area contributed by atoms with Crippen LogP contribution >= 0.6 is 0 Å². The molecule has 1 amide bonds. The molecule has 4 rings (SSSR count). The fraction of sp³-hybridized carbons (Fsp3) is 0.400. The second-order valence-electron chi connectivity index (χ2n) is 6.98. The molecule has 0 bridgehead atoms. The number of ether oxygens (including phenoxy) is 1. The highest BCUT2D eigenvalue weighted by atomic mass is 16.5. The van der Waals surface area contributed by atoms with Gasteiger partial charge in [0.2, 0.25) is 5.91 Å². The second kappa shape index (κ2) is 5.93. The number of para-hydroxylation sites is 1. The summed E-state index contributed by atoms with van der Waals surface area (Å²) in [6.45, 7) is 1.20. The average Bonchev–Trinajstić information content (AvgIpc) is 3.55. The number of pyridine rings is 1. The van der Waals surface area contributed by atoms with Crippen molar-refractivity contribution in [3.63, 3.8) is 0 Å². The molecule has 124 valence electrons. The van der Waals surface area contributed by atoms with E-state index < -0.39 is 0 Å². The molecule has 2 aliphatic rings. The molecule has 1 aromatic heterocycles. The molecule has 2 saturated carbocycles. The van der Waals surface area contributed by atoms with Gasteiger partial charge < -0.3 is 9.64 Å². The zero-order valence-electron chi connectivity index (χ0n) is 13.9. The van der Waals surface area contributed by atoms with Crippen molar-refractivity contribution in [3.05, 3.63) is 59.9 Å². The molecule has 0 N–H and O–H groups in total. The van der Waals surface area contributed by atoms with Gasteiger partial charge in [0.15, 0.2) is 0 Å². The van der Waals surface area contributed by atoms with E-state index in [1.54, 1.807) is 19.5 Å². The van der Waals surface area contributed by atoms with Crippen LogP contribution in [0.25, 0.3) is 0 Å². The fourth-order valence-corrected chi connectivity index (χ4v) is 3.59. The zero-order chi connectivity index (χ0) is 16.6. The lowest BCUT2D eigenvalue weighted by atomic mass is 10.1. The largest absolute Gasteiger partial charge is 0.496 e. The summed E-state index contributed by atoms with van der Waals surface area (Å²) in [4.78, 5) is 19.1. The van der Waals surface area contributed by atoms with E-state index in [1.807, 2.05) is 41.3 Å². The summed E-state index contributed by atoms with van der Waals surface area (Å²) in [5.74, 6) is 1.35. The van der Waals surface area contributed by atoms with Crippen LogP contribution in [0.15, 0.2) is 48.8 Å². The smallest absolute Gasteiger partial charge is 0.226 e. The minimum atomic E-state index is 0.231. The van der Waals surface area contributed by atoms with Crippen molar-refractivity contribution in [2.45, 2.75) is 32.4 Å². The van der Waals surface area contributed by atoms with Crippen molar-refractivity contribution in [3.8, 4) is 5.75 Å². The van der Waals surface area contributed by atoms with E-state index in [2.05, 4.69) is 4.98 Å². The summed E-state index contributed by atoms with van der Waals surface area (Å²) in [5, 5.41) is 0. The Bertz CT molecular complexity index is 740. The predicted molar refractivity (Wildman–Crippen MR) is 91.3 cm³/mol. The number of amides is 1. The van der Waals surface area contributed by atoms with Crippen molar-refractivity contribution in [1.29, 1.82) is 0 Å². The Labute approximate surface area is 142 Å². The topological polar surface area (TPSA) is 42.4 Å². The standard InChI is InChI=1S/C20H22N2O2/c1-24-18-5-3-2-4-16(18)14-22(13-15-6-10-21-11-7-15)19(23)17-12-20(17)8-9-20/h2-7,10-11,17H,8-9,12-14H2,1H3. The number of carbonyl (C=O) groups excluding carboxylic acids is 1. The number of rotatable bonds is 6. The molecule has 0 radical (unpaired) electrons. The van der Waals surface area contributed by atoms with Crippen LogP contribution < -0.4 is 4.74 Å². The van der Waals surface area contributed by atoms with Crippen LogP contribution in [0, 0.1) is 11.3 Å². The molecule has 0 aliphatic heterocycles. The van der Waals surface area contributed by atoms with Gasteiger partial charge in [-0.2, -0.15) is 0 Å². The Hall–Kier alpha value is -2.36. The molecular formula is C20H22N2O2. The van der Waals surface area contributed by atoms with Gasteiger partial charge in [-0.1, -0.05) is 18.2 Å². The normalized spacial score (nSPS) is 19.8. The second-order valence-corrected chi connectivity index (χ2v) is 6.98. The molecule has 1 unspecified atom stereocenters. The van der Waals surface area contributed by atoms with Crippen molar-refractivity contribution in [2.75, 3.05) is 7.11 Å². The van der Waals surface area contributed by atoms with Crippen LogP contribution in [0.3, 0.4) is 0 Å². The third kappa shape index (κ3) is 2.88. The number of benzene rings is 1. The van der Waals surface area contributed by atoms with Gasteiger partial charge in [-0.15, -0.1) is 0 Å². The summed E-state index contributed by atoms with van der Waals surface area (Å²) in [6, 6.07) is 11.9. The lowest BCUT2D eigenvalue weighted by Crippen LogP contribution is -2.32.